The third-order valence-electron chi connectivity index (χ3n) is 2.82. The molecule has 9 nitrogen and oxygen atoms in total. The van der Waals surface area contributed by atoms with Crippen molar-refractivity contribution in [1.82, 2.24) is 20.6 Å². The molecule has 0 saturated heterocycles. The molecule has 10 heteroatoms. The van der Waals surface area contributed by atoms with Crippen LogP contribution in [0.3, 0.4) is 0 Å². The van der Waals surface area contributed by atoms with Gasteiger partial charge in [-0.15, -0.1) is 0 Å². The summed E-state index contributed by atoms with van der Waals surface area (Å²) in [6, 6.07) is -2.90. The topological polar surface area (TPSA) is 150 Å². The van der Waals surface area contributed by atoms with Gasteiger partial charge in [0.15, 0.2) is 0 Å². The van der Waals surface area contributed by atoms with Crippen LogP contribution in [0.1, 0.15) is 12.6 Å². The molecule has 0 aromatic carbocycles. The molecule has 1 rings (SSSR count). The van der Waals surface area contributed by atoms with Gasteiger partial charge in [-0.05, 0) is 6.92 Å². The number of carboxylic acids is 1. The van der Waals surface area contributed by atoms with Gasteiger partial charge in [-0.25, -0.2) is 9.78 Å². The third kappa shape index (κ3) is 5.37. The number of carboxylic acid groups (broad SMARTS) is 1. The molecule has 0 fully saturated rings. The number of thiol groups is 1. The van der Waals surface area contributed by atoms with E-state index in [4.69, 9.17) is 5.73 Å². The molecule has 6 N–H and O–H groups in total. The van der Waals surface area contributed by atoms with Gasteiger partial charge in [0.25, 0.3) is 0 Å². The van der Waals surface area contributed by atoms with Crippen molar-refractivity contribution >= 4 is 30.4 Å². The van der Waals surface area contributed by atoms with E-state index >= 15 is 0 Å². The molecule has 0 aliphatic rings. The number of aliphatic carboxylic acids is 1. The van der Waals surface area contributed by atoms with Gasteiger partial charge >= 0.3 is 5.97 Å². The first-order valence-corrected chi connectivity index (χ1v) is 7.15. The van der Waals surface area contributed by atoms with Crippen molar-refractivity contribution in [2.75, 3.05) is 5.75 Å². The number of H-pyrrole nitrogens is 1. The minimum atomic E-state index is -1.20. The molecule has 0 spiro atoms. The summed E-state index contributed by atoms with van der Waals surface area (Å²) in [6.07, 6.45) is 2.92. The molecule has 1 aromatic rings. The summed E-state index contributed by atoms with van der Waals surface area (Å²) in [6.45, 7) is 1.47. The zero-order chi connectivity index (χ0) is 16.7. The largest absolute Gasteiger partial charge is 0.480 e. The predicted octanol–water partition coefficient (Wildman–Crippen LogP) is -1.72. The maximum Gasteiger partial charge on any atom is 0.326 e. The van der Waals surface area contributed by atoms with Crippen LogP contribution in [0.25, 0.3) is 0 Å². The van der Waals surface area contributed by atoms with Gasteiger partial charge < -0.3 is 26.5 Å². The van der Waals surface area contributed by atoms with E-state index in [9.17, 15) is 19.5 Å². The standard InChI is InChI=1S/C12H19N5O4S/c1-6(13)10(18)17-9(4-22)11(19)16-8(12(20)21)2-7-3-14-5-15-7/h3,5-6,8-9,22H,2,4,13H2,1H3,(H,14,15)(H,16,19)(H,17,18)(H,20,21). The number of amides is 2. The van der Waals surface area contributed by atoms with E-state index in [0.29, 0.717) is 5.69 Å². The van der Waals surface area contributed by atoms with Crippen molar-refractivity contribution in [3.8, 4) is 0 Å². The van der Waals surface area contributed by atoms with Crippen molar-refractivity contribution in [1.29, 1.82) is 0 Å². The number of nitrogens with zero attached hydrogens (tertiary/aromatic N) is 1. The lowest BCUT2D eigenvalue weighted by Crippen LogP contribution is -2.55. The van der Waals surface area contributed by atoms with Gasteiger partial charge in [0, 0.05) is 24.1 Å². The number of aromatic amines is 1. The summed E-state index contributed by atoms with van der Waals surface area (Å²) in [4.78, 5) is 41.3. The average molecular weight is 329 g/mol. The molecule has 0 aliphatic heterocycles. The second kappa shape index (κ2) is 8.39. The fraction of sp³-hybridized carbons (Fsp3) is 0.500. The normalized spacial score (nSPS) is 14.7. The summed E-state index contributed by atoms with van der Waals surface area (Å²) < 4.78 is 0. The lowest BCUT2D eigenvalue weighted by molar-refractivity contribution is -0.142. The highest BCUT2D eigenvalue weighted by atomic mass is 32.1. The molecular weight excluding hydrogens is 310 g/mol. The molecule has 3 atom stereocenters. The number of hydrogen-bond donors (Lipinski definition) is 6. The Morgan fingerprint density at radius 1 is 1.36 bits per heavy atom. The highest BCUT2D eigenvalue weighted by Crippen LogP contribution is 2.00. The van der Waals surface area contributed by atoms with Crippen LogP contribution in [0.2, 0.25) is 0 Å². The third-order valence-corrected chi connectivity index (χ3v) is 3.19. The summed E-state index contributed by atoms with van der Waals surface area (Å²) >= 11 is 3.98. The minimum absolute atomic E-state index is 0.0146. The average Bonchev–Trinajstić information content (AvgIpc) is 2.96. The number of rotatable bonds is 8. The fourth-order valence-corrected chi connectivity index (χ4v) is 1.84. The molecule has 1 heterocycles. The Hall–Kier alpha value is -2.07. The van der Waals surface area contributed by atoms with Gasteiger partial charge in [0.05, 0.1) is 12.4 Å². The Balaban J connectivity index is 2.68. The second-order valence-corrected chi connectivity index (χ2v) is 5.08. The van der Waals surface area contributed by atoms with E-state index in [0.717, 1.165) is 0 Å². The maximum absolute atomic E-state index is 12.1. The molecule has 0 aliphatic carbocycles. The predicted molar refractivity (Wildman–Crippen MR) is 81.3 cm³/mol. The summed E-state index contributed by atoms with van der Waals surface area (Å²) in [7, 11) is 0. The van der Waals surface area contributed by atoms with Gasteiger partial charge in [0.1, 0.15) is 12.1 Å². The van der Waals surface area contributed by atoms with Gasteiger partial charge in [-0.1, -0.05) is 0 Å². The van der Waals surface area contributed by atoms with Crippen LogP contribution in [-0.4, -0.2) is 56.7 Å². The Kier molecular flexibility index (Phi) is 6.86. The van der Waals surface area contributed by atoms with Crippen molar-refractivity contribution in [2.45, 2.75) is 31.5 Å². The van der Waals surface area contributed by atoms with Crippen LogP contribution in [-0.2, 0) is 20.8 Å². The molecule has 1 aromatic heterocycles. The number of imidazole rings is 1. The first kappa shape index (κ1) is 18.0. The number of nitrogens with one attached hydrogen (secondary N) is 3. The Labute approximate surface area is 132 Å². The van der Waals surface area contributed by atoms with Gasteiger partial charge in [-0.2, -0.15) is 12.6 Å². The Morgan fingerprint density at radius 3 is 2.45 bits per heavy atom. The summed E-state index contributed by atoms with van der Waals surface area (Å²) in [5.74, 6) is -2.34. The van der Waals surface area contributed by atoms with Crippen LogP contribution >= 0.6 is 12.6 Å². The van der Waals surface area contributed by atoms with E-state index in [1.54, 1.807) is 0 Å². The zero-order valence-corrected chi connectivity index (χ0v) is 12.8. The smallest absolute Gasteiger partial charge is 0.326 e. The molecule has 0 saturated carbocycles. The summed E-state index contributed by atoms with van der Waals surface area (Å²) in [5.41, 5.74) is 5.97. The van der Waals surface area contributed by atoms with Crippen LogP contribution in [0.4, 0.5) is 0 Å². The van der Waals surface area contributed by atoms with Crippen LogP contribution < -0.4 is 16.4 Å². The van der Waals surface area contributed by atoms with Crippen LogP contribution in [0.5, 0.6) is 0 Å². The molecule has 122 valence electrons. The molecule has 0 radical (unpaired) electrons. The monoisotopic (exact) mass is 329 g/mol. The molecule has 22 heavy (non-hydrogen) atoms. The Morgan fingerprint density at radius 2 is 2.00 bits per heavy atom. The van der Waals surface area contributed by atoms with E-state index in [1.165, 1.54) is 19.4 Å². The molecular formula is C12H19N5O4S. The molecule has 3 unspecified atom stereocenters. The number of nitrogens with two attached hydrogens (primary N) is 1. The highest BCUT2D eigenvalue weighted by Gasteiger charge is 2.26. The number of hydrogen-bond acceptors (Lipinski definition) is 6. The van der Waals surface area contributed by atoms with E-state index in [2.05, 4.69) is 33.2 Å². The van der Waals surface area contributed by atoms with Crippen molar-refractivity contribution in [2.24, 2.45) is 5.73 Å². The molecule has 2 amide bonds. The van der Waals surface area contributed by atoms with Crippen LogP contribution in [0.15, 0.2) is 12.5 Å². The van der Waals surface area contributed by atoms with Crippen molar-refractivity contribution < 1.29 is 19.5 Å². The van der Waals surface area contributed by atoms with E-state index < -0.39 is 35.9 Å². The van der Waals surface area contributed by atoms with Crippen molar-refractivity contribution in [3.63, 3.8) is 0 Å². The second-order valence-electron chi connectivity index (χ2n) is 4.71. The molecule has 0 bridgehead atoms. The summed E-state index contributed by atoms with van der Waals surface area (Å²) in [5, 5.41) is 13.9. The number of aromatic nitrogens is 2. The van der Waals surface area contributed by atoms with E-state index in [1.807, 2.05) is 0 Å². The quantitative estimate of drug-likeness (QED) is 0.312. The fourth-order valence-electron chi connectivity index (χ4n) is 1.59. The Bertz CT molecular complexity index is 520. The number of carbonyl (C=O) groups excluding carboxylic acids is 2. The zero-order valence-electron chi connectivity index (χ0n) is 11.9. The lowest BCUT2D eigenvalue weighted by Gasteiger charge is -2.20. The first-order valence-electron chi connectivity index (χ1n) is 6.52. The van der Waals surface area contributed by atoms with E-state index in [-0.39, 0.29) is 12.2 Å². The van der Waals surface area contributed by atoms with Crippen LogP contribution in [0, 0.1) is 0 Å². The first-order chi connectivity index (χ1) is 10.3. The SMILES string of the molecule is CC(N)C(=O)NC(CS)C(=O)NC(Cc1cnc[nH]1)C(=O)O. The van der Waals surface area contributed by atoms with Crippen molar-refractivity contribution in [3.05, 3.63) is 18.2 Å². The maximum atomic E-state index is 12.1. The van der Waals surface area contributed by atoms with Gasteiger partial charge in [-0.3, -0.25) is 9.59 Å². The lowest BCUT2D eigenvalue weighted by atomic mass is 10.1. The van der Waals surface area contributed by atoms with Gasteiger partial charge in [0.2, 0.25) is 11.8 Å². The highest BCUT2D eigenvalue weighted by molar-refractivity contribution is 7.80. The number of carbonyl (C=O) groups is 3. The minimum Gasteiger partial charge on any atom is -0.480 e.